The summed E-state index contributed by atoms with van der Waals surface area (Å²) < 4.78 is 5.71. The van der Waals surface area contributed by atoms with Crippen LogP contribution in [-0.4, -0.2) is 48.6 Å². The predicted molar refractivity (Wildman–Crippen MR) is 134 cm³/mol. The number of para-hydroxylation sites is 1. The first-order valence-corrected chi connectivity index (χ1v) is 12.7. The van der Waals surface area contributed by atoms with Crippen molar-refractivity contribution in [3.63, 3.8) is 0 Å². The second kappa shape index (κ2) is 9.94. The highest BCUT2D eigenvalue weighted by Crippen LogP contribution is 2.37. The molecule has 0 bridgehead atoms. The topological polar surface area (TPSA) is 44.8 Å². The van der Waals surface area contributed by atoms with Gasteiger partial charge in [-0.25, -0.2) is 4.79 Å². The van der Waals surface area contributed by atoms with E-state index >= 15 is 0 Å². The quantitative estimate of drug-likeness (QED) is 0.471. The highest BCUT2D eigenvalue weighted by Gasteiger charge is 2.28. The molecule has 1 N–H and O–H groups in total. The van der Waals surface area contributed by atoms with Gasteiger partial charge in [0, 0.05) is 59.5 Å². The number of nitrogens with zero attached hydrogens (tertiary/aromatic N) is 2. The van der Waals surface area contributed by atoms with E-state index in [9.17, 15) is 4.79 Å². The predicted octanol–water partition coefficient (Wildman–Crippen LogP) is 6.07. The van der Waals surface area contributed by atoms with Crippen LogP contribution in [0.3, 0.4) is 0 Å². The Morgan fingerprint density at radius 1 is 1.06 bits per heavy atom. The van der Waals surface area contributed by atoms with E-state index in [1.807, 2.05) is 41.3 Å². The average Bonchev–Trinajstić information content (AvgIpc) is 3.29. The molecule has 0 aliphatic carbocycles. The number of carbonyl (C=O) groups excluding carboxylic acids is 1. The minimum atomic E-state index is -0.0750. The lowest BCUT2D eigenvalue weighted by Gasteiger charge is -2.36. The molecule has 2 amide bonds. The number of fused-ring (bicyclic) bond motifs is 1. The Hall–Kier alpha value is -2.25. The van der Waals surface area contributed by atoms with Crippen LogP contribution in [-0.2, 0) is 6.54 Å². The molecule has 1 saturated heterocycles. The largest absolute Gasteiger partial charge is 0.492 e. The Morgan fingerprint density at radius 2 is 1.88 bits per heavy atom. The van der Waals surface area contributed by atoms with Crippen molar-refractivity contribution in [3.8, 4) is 16.2 Å². The van der Waals surface area contributed by atoms with Gasteiger partial charge in [-0.05, 0) is 35.9 Å². The van der Waals surface area contributed by atoms with Gasteiger partial charge in [-0.1, -0.05) is 47.5 Å². The van der Waals surface area contributed by atoms with E-state index in [4.69, 9.17) is 27.9 Å². The zero-order valence-corrected chi connectivity index (χ0v) is 20.4. The highest BCUT2D eigenvalue weighted by atomic mass is 35.5. The first-order chi connectivity index (χ1) is 16.1. The number of amides is 2. The Bertz CT molecular complexity index is 1140. The van der Waals surface area contributed by atoms with E-state index in [1.54, 1.807) is 11.3 Å². The second-order valence-corrected chi connectivity index (χ2v) is 10.3. The zero-order chi connectivity index (χ0) is 22.8. The van der Waals surface area contributed by atoms with Crippen molar-refractivity contribution in [1.29, 1.82) is 0 Å². The summed E-state index contributed by atoms with van der Waals surface area (Å²) in [5.74, 6) is 0.689. The molecule has 5 nitrogen and oxygen atoms in total. The number of benzene rings is 2. The third-order valence-corrected chi connectivity index (χ3v) is 7.79. The molecule has 5 rings (SSSR count). The maximum atomic E-state index is 12.9. The van der Waals surface area contributed by atoms with Crippen LogP contribution < -0.4 is 10.1 Å². The van der Waals surface area contributed by atoms with Crippen molar-refractivity contribution >= 4 is 40.6 Å². The van der Waals surface area contributed by atoms with Crippen molar-refractivity contribution in [2.24, 2.45) is 0 Å². The number of urea groups is 1. The third kappa shape index (κ3) is 5.14. The molecule has 3 aromatic rings. The monoisotopic (exact) mass is 501 g/mol. The summed E-state index contributed by atoms with van der Waals surface area (Å²) in [5, 5.41) is 4.53. The van der Waals surface area contributed by atoms with E-state index in [0.29, 0.717) is 30.5 Å². The summed E-state index contributed by atoms with van der Waals surface area (Å²) in [5.41, 5.74) is 2.10. The number of piperazine rings is 1. The van der Waals surface area contributed by atoms with Crippen LogP contribution in [0.4, 0.5) is 4.79 Å². The van der Waals surface area contributed by atoms with E-state index in [2.05, 4.69) is 28.4 Å². The second-order valence-electron chi connectivity index (χ2n) is 8.34. The van der Waals surface area contributed by atoms with Crippen LogP contribution in [0.25, 0.3) is 10.4 Å². The normalized spacial score (nSPS) is 18.5. The van der Waals surface area contributed by atoms with Gasteiger partial charge in [0.2, 0.25) is 0 Å². The van der Waals surface area contributed by atoms with Gasteiger partial charge >= 0.3 is 6.03 Å². The molecular weight excluding hydrogens is 477 g/mol. The van der Waals surface area contributed by atoms with Gasteiger partial charge in [0.25, 0.3) is 0 Å². The minimum Gasteiger partial charge on any atom is -0.492 e. The lowest BCUT2D eigenvalue weighted by molar-refractivity contribution is 0.132. The van der Waals surface area contributed by atoms with Gasteiger partial charge in [0.1, 0.15) is 5.75 Å². The van der Waals surface area contributed by atoms with E-state index < -0.39 is 0 Å². The summed E-state index contributed by atoms with van der Waals surface area (Å²) in [7, 11) is 0. The average molecular weight is 502 g/mol. The Morgan fingerprint density at radius 3 is 2.70 bits per heavy atom. The molecule has 1 unspecified atom stereocenters. The van der Waals surface area contributed by atoms with Gasteiger partial charge in [0.05, 0.1) is 17.7 Å². The fourth-order valence-electron chi connectivity index (χ4n) is 4.37. The van der Waals surface area contributed by atoms with E-state index in [1.165, 1.54) is 9.75 Å². The van der Waals surface area contributed by atoms with Gasteiger partial charge < -0.3 is 15.0 Å². The first-order valence-electron chi connectivity index (χ1n) is 11.1. The van der Waals surface area contributed by atoms with Gasteiger partial charge in [-0.2, -0.15) is 0 Å². The Balaban J connectivity index is 1.14. The zero-order valence-electron chi connectivity index (χ0n) is 18.1. The molecule has 2 aromatic carbocycles. The van der Waals surface area contributed by atoms with Crippen molar-refractivity contribution in [2.45, 2.75) is 19.0 Å². The number of nitrogens with one attached hydrogen (secondary N) is 1. The van der Waals surface area contributed by atoms with E-state index in [0.717, 1.165) is 42.2 Å². The molecule has 0 radical (unpaired) electrons. The van der Waals surface area contributed by atoms with Crippen LogP contribution in [0.2, 0.25) is 10.0 Å². The standard InChI is InChI=1S/C25H25Cl2N3O2S/c26-18-4-1-3-17(15-18)23-8-7-19(33-23)16-29-10-12-30(13-11-29)25(31)28-22-9-14-32-24-20(22)5-2-6-21(24)27/h1-8,15,22H,9-14,16H2,(H,28,31). The number of hydrogen-bond acceptors (Lipinski definition) is 4. The number of ether oxygens (including phenoxy) is 1. The number of hydrogen-bond donors (Lipinski definition) is 1. The minimum absolute atomic E-state index is 0.0214. The van der Waals surface area contributed by atoms with Gasteiger partial charge in [0.15, 0.2) is 0 Å². The maximum absolute atomic E-state index is 12.9. The molecular formula is C25H25Cl2N3O2S. The molecule has 0 spiro atoms. The molecule has 1 aromatic heterocycles. The molecule has 8 heteroatoms. The molecule has 2 aliphatic heterocycles. The van der Waals surface area contributed by atoms with Gasteiger partial charge in [-0.15, -0.1) is 11.3 Å². The SMILES string of the molecule is O=C(NC1CCOc2c(Cl)cccc21)N1CCN(Cc2ccc(-c3cccc(Cl)c3)s2)CC1. The third-order valence-electron chi connectivity index (χ3n) is 6.13. The summed E-state index contributed by atoms with van der Waals surface area (Å²) in [6, 6.07) is 17.9. The van der Waals surface area contributed by atoms with Crippen LogP contribution >= 0.6 is 34.5 Å². The molecule has 0 saturated carbocycles. The van der Waals surface area contributed by atoms with Crippen molar-refractivity contribution in [2.75, 3.05) is 32.8 Å². The van der Waals surface area contributed by atoms with E-state index in [-0.39, 0.29) is 12.1 Å². The molecule has 1 fully saturated rings. The molecule has 172 valence electrons. The van der Waals surface area contributed by atoms with Crippen LogP contribution in [0.1, 0.15) is 22.9 Å². The van der Waals surface area contributed by atoms with Crippen molar-refractivity contribution in [3.05, 3.63) is 75.1 Å². The molecule has 1 atom stereocenters. The fourth-order valence-corrected chi connectivity index (χ4v) is 5.84. The summed E-state index contributed by atoms with van der Waals surface area (Å²) in [6.07, 6.45) is 0.742. The number of halogens is 2. The van der Waals surface area contributed by atoms with Crippen LogP contribution in [0, 0.1) is 0 Å². The maximum Gasteiger partial charge on any atom is 0.317 e. The number of rotatable bonds is 4. The molecule has 33 heavy (non-hydrogen) atoms. The smallest absolute Gasteiger partial charge is 0.317 e. The van der Waals surface area contributed by atoms with Crippen LogP contribution in [0.15, 0.2) is 54.6 Å². The lowest BCUT2D eigenvalue weighted by Crippen LogP contribution is -2.52. The van der Waals surface area contributed by atoms with Crippen LogP contribution in [0.5, 0.6) is 5.75 Å². The van der Waals surface area contributed by atoms with Crippen molar-refractivity contribution in [1.82, 2.24) is 15.1 Å². The fraction of sp³-hybridized carbons (Fsp3) is 0.320. The highest BCUT2D eigenvalue weighted by molar-refractivity contribution is 7.15. The lowest BCUT2D eigenvalue weighted by atomic mass is 10.0. The number of carbonyl (C=O) groups is 1. The summed E-state index contributed by atoms with van der Waals surface area (Å²) >= 11 is 14.2. The Labute approximate surface area is 207 Å². The first kappa shape index (κ1) is 22.5. The van der Waals surface area contributed by atoms with Gasteiger partial charge in [-0.3, -0.25) is 4.90 Å². The molecule has 2 aliphatic rings. The number of thiophene rings is 1. The summed E-state index contributed by atoms with van der Waals surface area (Å²) in [4.78, 5) is 19.8. The van der Waals surface area contributed by atoms with Crippen molar-refractivity contribution < 1.29 is 9.53 Å². The molecule has 3 heterocycles. The summed E-state index contributed by atoms with van der Waals surface area (Å²) in [6.45, 7) is 4.58. The Kier molecular flexibility index (Phi) is 6.79.